The predicted molar refractivity (Wildman–Crippen MR) is 101 cm³/mol. The van der Waals surface area contributed by atoms with Crippen LogP contribution in [-0.2, 0) is 0 Å². The summed E-state index contributed by atoms with van der Waals surface area (Å²) in [7, 11) is 0. The maximum Gasteiger partial charge on any atom is 0.227 e. The van der Waals surface area contributed by atoms with Gasteiger partial charge in [0, 0.05) is 11.6 Å². The summed E-state index contributed by atoms with van der Waals surface area (Å²) in [5, 5.41) is 0. The first-order valence-corrected chi connectivity index (χ1v) is 8.90. The molecule has 0 spiro atoms. The van der Waals surface area contributed by atoms with E-state index in [1.165, 1.54) is 19.1 Å². The molecule has 0 saturated carbocycles. The Bertz CT molecular complexity index is 978. The number of benzene rings is 2. The van der Waals surface area contributed by atoms with E-state index >= 15 is 0 Å². The lowest BCUT2D eigenvalue weighted by Crippen LogP contribution is -2.04. The zero-order valence-electron chi connectivity index (χ0n) is 15.8. The number of hydrogen-bond acceptors (Lipinski definition) is 5. The summed E-state index contributed by atoms with van der Waals surface area (Å²) in [5.41, 5.74) is 1.70. The fraction of sp³-hybridized carbons (Fsp3) is 0.333. The third-order valence-electron chi connectivity index (χ3n) is 3.90. The molecule has 0 bridgehead atoms. The van der Waals surface area contributed by atoms with Crippen LogP contribution in [0.15, 0.2) is 34.7 Å². The molecule has 0 N–H and O–H groups in total. The van der Waals surface area contributed by atoms with Crippen LogP contribution in [0.1, 0.15) is 38.1 Å². The van der Waals surface area contributed by atoms with Gasteiger partial charge in [-0.15, -0.1) is 0 Å². The Morgan fingerprint density at radius 2 is 2.00 bits per heavy atom. The maximum atomic E-state index is 14.5. The second kappa shape index (κ2) is 7.78. The average molecular weight is 371 g/mol. The van der Waals surface area contributed by atoms with Gasteiger partial charge in [0.2, 0.25) is 5.89 Å². The highest BCUT2D eigenvalue weighted by molar-refractivity contribution is 5.98. The number of rotatable bonds is 7. The van der Waals surface area contributed by atoms with Crippen molar-refractivity contribution in [2.24, 2.45) is 5.92 Å². The number of hydrogen-bond donors (Lipinski definition) is 0. The molecule has 0 fully saturated rings. The van der Waals surface area contributed by atoms with Crippen LogP contribution in [0, 0.1) is 11.7 Å². The van der Waals surface area contributed by atoms with Crippen molar-refractivity contribution in [3.63, 3.8) is 0 Å². The lowest BCUT2D eigenvalue weighted by Gasteiger charge is -2.10. The number of ketones is 1. The molecule has 2 aromatic carbocycles. The van der Waals surface area contributed by atoms with E-state index in [0.29, 0.717) is 34.9 Å². The van der Waals surface area contributed by atoms with E-state index in [0.717, 1.165) is 0 Å². The first-order chi connectivity index (χ1) is 12.9. The largest absolute Gasteiger partial charge is 0.493 e. The normalized spacial score (nSPS) is 11.2. The Balaban J connectivity index is 2.00. The molecule has 0 unspecified atom stereocenters. The third kappa shape index (κ3) is 4.10. The van der Waals surface area contributed by atoms with Crippen LogP contribution in [0.2, 0.25) is 0 Å². The number of aromatic nitrogens is 1. The molecular weight excluding hydrogens is 349 g/mol. The number of ether oxygens (including phenoxy) is 2. The first-order valence-electron chi connectivity index (χ1n) is 8.90. The van der Waals surface area contributed by atoms with Crippen LogP contribution in [0.25, 0.3) is 22.6 Å². The Labute approximate surface area is 157 Å². The maximum absolute atomic E-state index is 14.5. The molecule has 1 heterocycles. The summed E-state index contributed by atoms with van der Waals surface area (Å²) in [6.45, 7) is 8.09. The highest BCUT2D eigenvalue weighted by Crippen LogP contribution is 2.32. The van der Waals surface area contributed by atoms with Crippen LogP contribution in [0.5, 0.6) is 11.5 Å². The van der Waals surface area contributed by atoms with Gasteiger partial charge in [0.25, 0.3) is 0 Å². The molecule has 3 aromatic rings. The van der Waals surface area contributed by atoms with Gasteiger partial charge in [0.1, 0.15) is 11.3 Å². The van der Waals surface area contributed by atoms with Crippen molar-refractivity contribution in [2.75, 3.05) is 13.2 Å². The van der Waals surface area contributed by atoms with Crippen molar-refractivity contribution < 1.29 is 23.1 Å². The lowest BCUT2D eigenvalue weighted by molar-refractivity contribution is 0.101. The number of carbonyl (C=O) groups excluding carboxylic acids is 1. The second-order valence-corrected chi connectivity index (χ2v) is 6.68. The first kappa shape index (κ1) is 18.9. The van der Waals surface area contributed by atoms with Gasteiger partial charge in [-0.05, 0) is 44.0 Å². The quantitative estimate of drug-likeness (QED) is 0.530. The lowest BCUT2D eigenvalue weighted by atomic mass is 10.1. The minimum Gasteiger partial charge on any atom is -0.493 e. The van der Waals surface area contributed by atoms with Crippen molar-refractivity contribution in [3.8, 4) is 23.0 Å². The van der Waals surface area contributed by atoms with Crippen LogP contribution in [0.4, 0.5) is 4.39 Å². The number of fused-ring (bicyclic) bond motifs is 1. The molecule has 0 aliphatic heterocycles. The van der Waals surface area contributed by atoms with Gasteiger partial charge in [-0.1, -0.05) is 13.8 Å². The zero-order valence-corrected chi connectivity index (χ0v) is 15.8. The van der Waals surface area contributed by atoms with Crippen molar-refractivity contribution in [1.82, 2.24) is 4.98 Å². The van der Waals surface area contributed by atoms with Gasteiger partial charge in [0.05, 0.1) is 18.8 Å². The monoisotopic (exact) mass is 371 g/mol. The van der Waals surface area contributed by atoms with Crippen LogP contribution >= 0.6 is 0 Å². The predicted octanol–water partition coefficient (Wildman–Crippen LogP) is 5.27. The average Bonchev–Trinajstić information content (AvgIpc) is 3.04. The minimum absolute atomic E-state index is 0.0470. The smallest absolute Gasteiger partial charge is 0.227 e. The van der Waals surface area contributed by atoms with Gasteiger partial charge in [-0.25, -0.2) is 9.37 Å². The van der Waals surface area contributed by atoms with Gasteiger partial charge in [-0.3, -0.25) is 4.79 Å². The minimum atomic E-state index is -0.622. The van der Waals surface area contributed by atoms with E-state index in [1.807, 2.05) is 6.07 Å². The molecule has 6 heteroatoms. The van der Waals surface area contributed by atoms with Crippen molar-refractivity contribution in [3.05, 3.63) is 41.7 Å². The summed E-state index contributed by atoms with van der Waals surface area (Å²) >= 11 is 0. The summed E-state index contributed by atoms with van der Waals surface area (Å²) in [6.07, 6.45) is 0. The van der Waals surface area contributed by atoms with E-state index < -0.39 is 5.82 Å². The van der Waals surface area contributed by atoms with Crippen molar-refractivity contribution in [1.29, 1.82) is 0 Å². The molecule has 3 rings (SSSR count). The Morgan fingerprint density at radius 3 is 2.67 bits per heavy atom. The van der Waals surface area contributed by atoms with E-state index in [4.69, 9.17) is 13.9 Å². The topological polar surface area (TPSA) is 61.6 Å². The van der Waals surface area contributed by atoms with Gasteiger partial charge < -0.3 is 13.9 Å². The number of Topliss-reactive ketones (excluding diaryl/α,β-unsaturated/α-hetero) is 1. The van der Waals surface area contributed by atoms with E-state index in [9.17, 15) is 9.18 Å². The molecule has 0 aliphatic rings. The van der Waals surface area contributed by atoms with Crippen molar-refractivity contribution >= 4 is 16.9 Å². The van der Waals surface area contributed by atoms with Gasteiger partial charge in [0.15, 0.2) is 22.9 Å². The van der Waals surface area contributed by atoms with Crippen LogP contribution in [0.3, 0.4) is 0 Å². The summed E-state index contributed by atoms with van der Waals surface area (Å²) < 4.78 is 31.2. The van der Waals surface area contributed by atoms with Crippen molar-refractivity contribution in [2.45, 2.75) is 27.7 Å². The summed E-state index contributed by atoms with van der Waals surface area (Å²) in [5.74, 6) is 0.358. The third-order valence-corrected chi connectivity index (χ3v) is 3.90. The highest BCUT2D eigenvalue weighted by Gasteiger charge is 2.19. The summed E-state index contributed by atoms with van der Waals surface area (Å²) in [6, 6.07) is 8.16. The second-order valence-electron chi connectivity index (χ2n) is 6.68. The Kier molecular flexibility index (Phi) is 5.44. The van der Waals surface area contributed by atoms with E-state index in [-0.39, 0.29) is 29.6 Å². The molecule has 0 radical (unpaired) electrons. The van der Waals surface area contributed by atoms with Gasteiger partial charge >= 0.3 is 0 Å². The molecule has 5 nitrogen and oxygen atoms in total. The SMILES string of the molecule is CCOc1c(F)cc(-c2nc3ccc(OCC(C)C)cc3o2)cc1C(C)=O. The molecule has 0 amide bonds. The number of halogens is 1. The van der Waals surface area contributed by atoms with E-state index in [1.54, 1.807) is 19.1 Å². The standard InChI is InChI=1S/C21H22FNO4/c1-5-25-20-16(13(4)24)8-14(9-17(20)22)21-23-18-7-6-15(10-19(18)27-21)26-11-12(2)3/h6-10,12H,5,11H2,1-4H3. The Hall–Kier alpha value is -2.89. The fourth-order valence-electron chi connectivity index (χ4n) is 2.65. The molecule has 142 valence electrons. The molecule has 27 heavy (non-hydrogen) atoms. The molecule has 0 aliphatic carbocycles. The highest BCUT2D eigenvalue weighted by atomic mass is 19.1. The number of nitrogens with zero attached hydrogens (tertiary/aromatic N) is 1. The fourth-order valence-corrected chi connectivity index (χ4v) is 2.65. The van der Waals surface area contributed by atoms with Crippen LogP contribution < -0.4 is 9.47 Å². The number of oxazole rings is 1. The van der Waals surface area contributed by atoms with E-state index in [2.05, 4.69) is 18.8 Å². The molecule has 0 saturated heterocycles. The Morgan fingerprint density at radius 1 is 1.22 bits per heavy atom. The summed E-state index contributed by atoms with van der Waals surface area (Å²) in [4.78, 5) is 16.3. The van der Waals surface area contributed by atoms with Gasteiger partial charge in [-0.2, -0.15) is 0 Å². The number of carbonyl (C=O) groups is 1. The van der Waals surface area contributed by atoms with Crippen LogP contribution in [-0.4, -0.2) is 24.0 Å². The zero-order chi connectivity index (χ0) is 19.6. The molecular formula is C21H22FNO4. The molecule has 0 atom stereocenters. The molecule has 1 aromatic heterocycles.